The molecule has 0 aliphatic heterocycles. The van der Waals surface area contributed by atoms with Gasteiger partial charge in [-0.15, -0.1) is 0 Å². The van der Waals surface area contributed by atoms with E-state index in [0.29, 0.717) is 6.04 Å². The van der Waals surface area contributed by atoms with Crippen molar-refractivity contribution in [2.45, 2.75) is 70.6 Å². The number of aliphatic hydroxyl groups is 1. The minimum Gasteiger partial charge on any atom is -0.444 e. The van der Waals surface area contributed by atoms with E-state index in [1.807, 2.05) is 20.8 Å². The Kier molecular flexibility index (Phi) is 4.59. The summed E-state index contributed by atoms with van der Waals surface area (Å²) in [4.78, 5) is 11.7. The first kappa shape index (κ1) is 15.6. The van der Waals surface area contributed by atoms with Gasteiger partial charge in [0.05, 0.1) is 0 Å². The van der Waals surface area contributed by atoms with Gasteiger partial charge in [-0.3, -0.25) is 0 Å². The average Bonchev–Trinajstić information content (AvgIpc) is 2.99. The Bertz CT molecular complexity index is 348. The maximum atomic E-state index is 11.7. The number of aliphatic hydroxyl groups excluding tert-OH is 1. The third kappa shape index (κ3) is 4.63. The number of carbonyl (C=O) groups excluding carboxylic acids is 1. The Hall–Kier alpha value is -0.810. The summed E-state index contributed by atoms with van der Waals surface area (Å²) in [5.41, 5.74) is -0.295. The molecule has 0 radical (unpaired) electrons. The van der Waals surface area contributed by atoms with Crippen LogP contribution in [-0.2, 0) is 4.74 Å². The minimum atomic E-state index is -0.445. The smallest absolute Gasteiger partial charge is 0.407 e. The Balaban J connectivity index is 1.66. The number of hydrogen-bond acceptors (Lipinski definition) is 4. The first-order chi connectivity index (χ1) is 9.32. The van der Waals surface area contributed by atoms with Crippen molar-refractivity contribution in [1.82, 2.24) is 10.6 Å². The summed E-state index contributed by atoms with van der Waals surface area (Å²) in [6.07, 6.45) is 4.94. The lowest BCUT2D eigenvalue weighted by atomic mass is 10.1. The van der Waals surface area contributed by atoms with Crippen molar-refractivity contribution in [2.24, 2.45) is 5.41 Å². The molecular weight excluding hydrogens is 256 g/mol. The quantitative estimate of drug-likeness (QED) is 0.720. The zero-order valence-electron chi connectivity index (χ0n) is 12.9. The van der Waals surface area contributed by atoms with E-state index in [1.54, 1.807) is 0 Å². The molecule has 20 heavy (non-hydrogen) atoms. The van der Waals surface area contributed by atoms with Crippen LogP contribution in [-0.4, -0.2) is 42.0 Å². The lowest BCUT2D eigenvalue weighted by Crippen LogP contribution is -2.39. The van der Waals surface area contributed by atoms with E-state index < -0.39 is 5.60 Å². The molecule has 0 heterocycles. The van der Waals surface area contributed by atoms with Gasteiger partial charge in [-0.25, -0.2) is 4.79 Å². The monoisotopic (exact) mass is 284 g/mol. The molecule has 2 aliphatic carbocycles. The van der Waals surface area contributed by atoms with Crippen LogP contribution in [0.15, 0.2) is 0 Å². The standard InChI is InChI=1S/C15H28N2O3/c1-14(2,3)20-13(19)17-12-5-4-11(8-12)16-9-15(10-18)6-7-15/h11-12,16,18H,4-10H2,1-3H3,(H,17,19). The molecule has 0 bridgehead atoms. The summed E-state index contributed by atoms with van der Waals surface area (Å²) < 4.78 is 5.27. The van der Waals surface area contributed by atoms with Crippen molar-refractivity contribution < 1.29 is 14.6 Å². The number of amides is 1. The van der Waals surface area contributed by atoms with Gasteiger partial charge in [0.25, 0.3) is 0 Å². The molecule has 2 fully saturated rings. The highest BCUT2D eigenvalue weighted by Crippen LogP contribution is 2.44. The van der Waals surface area contributed by atoms with Gasteiger partial charge in [0.15, 0.2) is 0 Å². The summed E-state index contributed by atoms with van der Waals surface area (Å²) >= 11 is 0. The van der Waals surface area contributed by atoms with Crippen LogP contribution in [0.4, 0.5) is 4.79 Å². The Morgan fingerprint density at radius 2 is 1.95 bits per heavy atom. The van der Waals surface area contributed by atoms with Crippen molar-refractivity contribution in [3.05, 3.63) is 0 Å². The lowest BCUT2D eigenvalue weighted by molar-refractivity contribution is 0.0505. The molecule has 116 valence electrons. The maximum Gasteiger partial charge on any atom is 0.407 e. The van der Waals surface area contributed by atoms with Gasteiger partial charge in [-0.2, -0.15) is 0 Å². The molecule has 0 aromatic heterocycles. The highest BCUT2D eigenvalue weighted by Gasteiger charge is 2.42. The van der Waals surface area contributed by atoms with E-state index >= 15 is 0 Å². The second-order valence-corrected chi connectivity index (χ2v) is 7.39. The molecule has 5 heteroatoms. The summed E-state index contributed by atoms with van der Waals surface area (Å²) in [7, 11) is 0. The summed E-state index contributed by atoms with van der Waals surface area (Å²) in [5.74, 6) is 0. The third-order valence-corrected chi connectivity index (χ3v) is 4.21. The van der Waals surface area contributed by atoms with E-state index in [4.69, 9.17) is 4.74 Å². The third-order valence-electron chi connectivity index (χ3n) is 4.21. The molecule has 5 nitrogen and oxygen atoms in total. The van der Waals surface area contributed by atoms with Crippen LogP contribution < -0.4 is 10.6 Å². The zero-order valence-corrected chi connectivity index (χ0v) is 12.9. The predicted molar refractivity (Wildman–Crippen MR) is 77.6 cm³/mol. The number of hydrogen-bond donors (Lipinski definition) is 3. The molecule has 2 aliphatic rings. The van der Waals surface area contributed by atoms with Crippen LogP contribution in [0.2, 0.25) is 0 Å². The number of ether oxygens (including phenoxy) is 1. The fraction of sp³-hybridized carbons (Fsp3) is 0.933. The summed E-state index contributed by atoms with van der Waals surface area (Å²) in [6.45, 7) is 6.79. The average molecular weight is 284 g/mol. The highest BCUT2D eigenvalue weighted by atomic mass is 16.6. The second kappa shape index (κ2) is 5.90. The van der Waals surface area contributed by atoms with E-state index in [1.165, 1.54) is 0 Å². The molecule has 3 N–H and O–H groups in total. The molecule has 2 atom stereocenters. The first-order valence-corrected chi connectivity index (χ1v) is 7.66. The van der Waals surface area contributed by atoms with Crippen LogP contribution in [0.5, 0.6) is 0 Å². The van der Waals surface area contributed by atoms with Gasteiger partial charge >= 0.3 is 6.09 Å². The molecule has 2 saturated carbocycles. The van der Waals surface area contributed by atoms with Crippen molar-refractivity contribution in [2.75, 3.05) is 13.2 Å². The van der Waals surface area contributed by atoms with E-state index in [2.05, 4.69) is 10.6 Å². The van der Waals surface area contributed by atoms with Gasteiger partial charge in [0, 0.05) is 30.7 Å². The van der Waals surface area contributed by atoms with Crippen LogP contribution in [0.1, 0.15) is 52.9 Å². The van der Waals surface area contributed by atoms with E-state index in [0.717, 1.165) is 38.6 Å². The summed E-state index contributed by atoms with van der Waals surface area (Å²) in [6, 6.07) is 0.644. The largest absolute Gasteiger partial charge is 0.444 e. The lowest BCUT2D eigenvalue weighted by Gasteiger charge is -2.22. The SMILES string of the molecule is CC(C)(C)OC(=O)NC1CCC(NCC2(CO)CC2)C1. The van der Waals surface area contributed by atoms with Gasteiger partial charge in [0.1, 0.15) is 5.60 Å². The molecule has 2 unspecified atom stereocenters. The van der Waals surface area contributed by atoms with Crippen LogP contribution in [0, 0.1) is 5.41 Å². The van der Waals surface area contributed by atoms with Crippen molar-refractivity contribution in [1.29, 1.82) is 0 Å². The Morgan fingerprint density at radius 3 is 2.50 bits per heavy atom. The van der Waals surface area contributed by atoms with Gasteiger partial charge < -0.3 is 20.5 Å². The highest BCUT2D eigenvalue weighted by molar-refractivity contribution is 5.68. The minimum absolute atomic E-state index is 0.149. The molecule has 1 amide bonds. The van der Waals surface area contributed by atoms with E-state index in [-0.39, 0.29) is 24.2 Å². The fourth-order valence-electron chi connectivity index (χ4n) is 2.70. The van der Waals surface area contributed by atoms with Gasteiger partial charge in [0.2, 0.25) is 0 Å². The second-order valence-electron chi connectivity index (χ2n) is 7.39. The van der Waals surface area contributed by atoms with Crippen LogP contribution in [0.3, 0.4) is 0 Å². The molecule has 0 spiro atoms. The van der Waals surface area contributed by atoms with Crippen LogP contribution in [0.25, 0.3) is 0 Å². The normalized spacial score (nSPS) is 28.2. The molecule has 0 aromatic carbocycles. The topological polar surface area (TPSA) is 70.6 Å². The predicted octanol–water partition coefficient (Wildman–Crippen LogP) is 1.79. The zero-order chi connectivity index (χ0) is 14.8. The molecular formula is C15H28N2O3. The van der Waals surface area contributed by atoms with E-state index in [9.17, 15) is 9.90 Å². The fourth-order valence-corrected chi connectivity index (χ4v) is 2.70. The van der Waals surface area contributed by atoms with Crippen molar-refractivity contribution in [3.8, 4) is 0 Å². The Labute approximate surface area is 121 Å². The molecule has 2 rings (SSSR count). The molecule has 0 saturated heterocycles. The van der Waals surface area contributed by atoms with Crippen LogP contribution >= 0.6 is 0 Å². The van der Waals surface area contributed by atoms with Gasteiger partial charge in [-0.1, -0.05) is 0 Å². The van der Waals surface area contributed by atoms with Gasteiger partial charge in [-0.05, 0) is 52.9 Å². The Morgan fingerprint density at radius 1 is 1.30 bits per heavy atom. The first-order valence-electron chi connectivity index (χ1n) is 7.66. The number of alkyl carbamates (subject to hydrolysis) is 1. The number of rotatable bonds is 5. The number of nitrogens with one attached hydrogen (secondary N) is 2. The molecule has 0 aromatic rings. The number of carbonyl (C=O) groups is 1. The van der Waals surface area contributed by atoms with Crippen molar-refractivity contribution in [3.63, 3.8) is 0 Å². The van der Waals surface area contributed by atoms with Crippen molar-refractivity contribution >= 4 is 6.09 Å². The maximum absolute atomic E-state index is 11.7. The summed E-state index contributed by atoms with van der Waals surface area (Å²) in [5, 5.41) is 15.8.